The van der Waals surface area contributed by atoms with Crippen molar-refractivity contribution in [1.29, 1.82) is 0 Å². The van der Waals surface area contributed by atoms with Crippen molar-refractivity contribution in [2.75, 3.05) is 6.54 Å². The lowest BCUT2D eigenvalue weighted by Gasteiger charge is -2.16. The summed E-state index contributed by atoms with van der Waals surface area (Å²) in [5.74, 6) is 0.375. The lowest BCUT2D eigenvalue weighted by atomic mass is 9.96. The van der Waals surface area contributed by atoms with Crippen molar-refractivity contribution in [3.05, 3.63) is 69.9 Å². The monoisotopic (exact) mass is 387 g/mol. The van der Waals surface area contributed by atoms with Gasteiger partial charge in [0.05, 0.1) is 0 Å². The molecule has 124 valence electrons. The Morgan fingerprint density at radius 2 is 1.79 bits per heavy atom. The summed E-state index contributed by atoms with van der Waals surface area (Å²) in [6, 6.07) is 14.9. The van der Waals surface area contributed by atoms with E-state index >= 15 is 0 Å². The van der Waals surface area contributed by atoms with Crippen LogP contribution in [0.25, 0.3) is 0 Å². The second-order valence-electron chi connectivity index (χ2n) is 7.01. The molecule has 2 saturated carbocycles. The smallest absolute Gasteiger partial charge is 0.223 e. The fourth-order valence-corrected chi connectivity index (χ4v) is 3.74. The van der Waals surface area contributed by atoms with Crippen molar-refractivity contribution in [3.63, 3.8) is 0 Å². The first-order valence-corrected chi connectivity index (χ1v) is 9.16. The largest absolute Gasteiger partial charge is 0.355 e. The summed E-state index contributed by atoms with van der Waals surface area (Å²) in [5.41, 5.74) is 2.38. The molecule has 2 unspecified atom stereocenters. The van der Waals surface area contributed by atoms with Crippen LogP contribution in [0.3, 0.4) is 0 Å². The van der Waals surface area contributed by atoms with E-state index in [9.17, 15) is 9.18 Å². The molecule has 4 heteroatoms. The van der Waals surface area contributed by atoms with Gasteiger partial charge in [-0.2, -0.15) is 0 Å². The average molecular weight is 388 g/mol. The molecule has 2 aromatic carbocycles. The van der Waals surface area contributed by atoms with Crippen molar-refractivity contribution < 1.29 is 9.18 Å². The van der Waals surface area contributed by atoms with E-state index in [-0.39, 0.29) is 23.1 Å². The topological polar surface area (TPSA) is 29.1 Å². The summed E-state index contributed by atoms with van der Waals surface area (Å²) >= 11 is 3.44. The highest BCUT2D eigenvalue weighted by Gasteiger charge is 2.47. The minimum atomic E-state index is -0.214. The number of carbonyl (C=O) groups excluding carboxylic acids is 1. The number of halogens is 2. The molecule has 0 bridgehead atoms. The molecule has 0 heterocycles. The molecule has 0 aliphatic heterocycles. The molecule has 2 aliphatic rings. The van der Waals surface area contributed by atoms with Crippen molar-refractivity contribution >= 4 is 21.8 Å². The van der Waals surface area contributed by atoms with E-state index in [1.165, 1.54) is 17.7 Å². The van der Waals surface area contributed by atoms with Gasteiger partial charge in [0.2, 0.25) is 5.91 Å². The molecule has 2 atom stereocenters. The Labute approximate surface area is 149 Å². The molecule has 0 aromatic heterocycles. The predicted octanol–water partition coefficient (Wildman–Crippen LogP) is 4.54. The lowest BCUT2D eigenvalue weighted by molar-refractivity contribution is -0.122. The highest BCUT2D eigenvalue weighted by Crippen LogP contribution is 2.49. The summed E-state index contributed by atoms with van der Waals surface area (Å²) in [7, 11) is 0. The Hall–Kier alpha value is -1.68. The van der Waals surface area contributed by atoms with Crippen LogP contribution in [-0.4, -0.2) is 12.5 Å². The van der Waals surface area contributed by atoms with E-state index in [1.807, 2.05) is 24.3 Å². The van der Waals surface area contributed by atoms with Crippen LogP contribution in [0.15, 0.2) is 53.0 Å². The Morgan fingerprint density at radius 1 is 1.12 bits per heavy atom. The summed E-state index contributed by atoms with van der Waals surface area (Å²) in [4.78, 5) is 12.4. The van der Waals surface area contributed by atoms with Gasteiger partial charge in [-0.15, -0.1) is 0 Å². The molecule has 4 rings (SSSR count). The minimum absolute atomic E-state index is 0.0192. The maximum absolute atomic E-state index is 13.1. The number of amides is 1. The van der Waals surface area contributed by atoms with Crippen LogP contribution in [0.5, 0.6) is 0 Å². The molecule has 1 amide bonds. The summed E-state index contributed by atoms with van der Waals surface area (Å²) in [6.07, 6.45) is 3.04. The molecule has 2 aromatic rings. The molecule has 0 saturated heterocycles. The van der Waals surface area contributed by atoms with Gasteiger partial charge >= 0.3 is 0 Å². The number of benzene rings is 2. The average Bonchev–Trinajstić information content (AvgIpc) is 3.49. The van der Waals surface area contributed by atoms with E-state index in [1.54, 1.807) is 0 Å². The summed E-state index contributed by atoms with van der Waals surface area (Å²) in [6.45, 7) is 0.654. The standard InChI is InChI=1S/C20H19BrFNO/c21-15-5-1-13(2-6-15)17-11-18(17)19(24)23-12-20(9-10-20)14-3-7-16(22)8-4-14/h1-8,17-18H,9-12H2,(H,23,24). The lowest BCUT2D eigenvalue weighted by Crippen LogP contribution is -2.33. The molecular weight excluding hydrogens is 369 g/mol. The van der Waals surface area contributed by atoms with E-state index in [0.29, 0.717) is 12.5 Å². The molecule has 2 fully saturated rings. The summed E-state index contributed by atoms with van der Waals surface area (Å²) < 4.78 is 14.1. The van der Waals surface area contributed by atoms with Crippen LogP contribution in [0.2, 0.25) is 0 Å². The molecular formula is C20H19BrFNO. The van der Waals surface area contributed by atoms with E-state index in [4.69, 9.17) is 0 Å². The number of carbonyl (C=O) groups is 1. The SMILES string of the molecule is O=C(NCC1(c2ccc(F)cc2)CC1)C1CC1c1ccc(Br)cc1. The Bertz CT molecular complexity index is 752. The van der Waals surface area contributed by atoms with Gasteiger partial charge in [-0.25, -0.2) is 4.39 Å². The van der Waals surface area contributed by atoms with Gasteiger partial charge in [0.1, 0.15) is 5.82 Å². The number of nitrogens with one attached hydrogen (secondary N) is 1. The molecule has 24 heavy (non-hydrogen) atoms. The maximum Gasteiger partial charge on any atom is 0.223 e. The van der Waals surface area contributed by atoms with Crippen LogP contribution < -0.4 is 5.32 Å². The van der Waals surface area contributed by atoms with Gasteiger partial charge in [-0.1, -0.05) is 40.2 Å². The van der Waals surface area contributed by atoms with Gasteiger partial charge in [0.25, 0.3) is 0 Å². The van der Waals surface area contributed by atoms with Crippen LogP contribution in [0.1, 0.15) is 36.3 Å². The van der Waals surface area contributed by atoms with Gasteiger partial charge in [-0.3, -0.25) is 4.79 Å². The van der Waals surface area contributed by atoms with Gasteiger partial charge < -0.3 is 5.32 Å². The minimum Gasteiger partial charge on any atom is -0.355 e. The van der Waals surface area contributed by atoms with Crippen LogP contribution in [0.4, 0.5) is 4.39 Å². The first kappa shape index (κ1) is 15.8. The second-order valence-corrected chi connectivity index (χ2v) is 7.92. The van der Waals surface area contributed by atoms with Gasteiger partial charge in [0, 0.05) is 22.4 Å². The Balaban J connectivity index is 1.34. The highest BCUT2D eigenvalue weighted by atomic mass is 79.9. The summed E-state index contributed by atoms with van der Waals surface area (Å²) in [5, 5.41) is 3.13. The zero-order valence-corrected chi connectivity index (χ0v) is 14.9. The number of hydrogen-bond donors (Lipinski definition) is 1. The van der Waals surface area contributed by atoms with Crippen molar-refractivity contribution in [2.24, 2.45) is 5.92 Å². The van der Waals surface area contributed by atoms with Gasteiger partial charge in [-0.05, 0) is 60.6 Å². The quantitative estimate of drug-likeness (QED) is 0.801. The van der Waals surface area contributed by atoms with Crippen LogP contribution in [0, 0.1) is 11.7 Å². The molecule has 2 aliphatic carbocycles. The first-order valence-electron chi connectivity index (χ1n) is 8.37. The molecule has 0 spiro atoms. The molecule has 0 radical (unpaired) electrons. The van der Waals surface area contributed by atoms with Crippen molar-refractivity contribution in [2.45, 2.75) is 30.6 Å². The second kappa shape index (κ2) is 5.99. The Morgan fingerprint density at radius 3 is 2.42 bits per heavy atom. The maximum atomic E-state index is 13.1. The van der Waals surface area contributed by atoms with Crippen molar-refractivity contribution in [3.8, 4) is 0 Å². The third-order valence-corrected chi connectivity index (χ3v) is 5.87. The Kier molecular flexibility index (Phi) is 3.95. The van der Waals surface area contributed by atoms with Gasteiger partial charge in [0.15, 0.2) is 0 Å². The van der Waals surface area contributed by atoms with Crippen LogP contribution >= 0.6 is 15.9 Å². The predicted molar refractivity (Wildman–Crippen MR) is 95.3 cm³/mol. The zero-order chi connectivity index (χ0) is 16.7. The van der Waals surface area contributed by atoms with E-state index in [2.05, 4.69) is 33.4 Å². The first-order chi connectivity index (χ1) is 11.6. The zero-order valence-electron chi connectivity index (χ0n) is 13.3. The molecule has 2 nitrogen and oxygen atoms in total. The highest BCUT2D eigenvalue weighted by molar-refractivity contribution is 9.10. The molecule has 1 N–H and O–H groups in total. The van der Waals surface area contributed by atoms with E-state index < -0.39 is 0 Å². The fraction of sp³-hybridized carbons (Fsp3) is 0.350. The normalized spacial score (nSPS) is 23.6. The van der Waals surface area contributed by atoms with Crippen molar-refractivity contribution in [1.82, 2.24) is 5.32 Å². The fourth-order valence-electron chi connectivity index (χ4n) is 3.47. The third kappa shape index (κ3) is 3.12. The number of rotatable bonds is 5. The third-order valence-electron chi connectivity index (χ3n) is 5.34. The number of hydrogen-bond acceptors (Lipinski definition) is 1. The van der Waals surface area contributed by atoms with E-state index in [0.717, 1.165) is 29.3 Å². The van der Waals surface area contributed by atoms with Crippen LogP contribution in [-0.2, 0) is 10.2 Å².